The molecular weight excluding hydrogens is 404 g/mol. The van der Waals surface area contributed by atoms with Crippen LogP contribution in [0.4, 0.5) is 5.13 Å². The third-order valence-electron chi connectivity index (χ3n) is 4.67. The maximum absolute atomic E-state index is 12.9. The first kappa shape index (κ1) is 19.5. The number of thiazole rings is 1. The zero-order valence-corrected chi connectivity index (χ0v) is 18.4. The predicted octanol–water partition coefficient (Wildman–Crippen LogP) is 5.31. The van der Waals surface area contributed by atoms with Crippen LogP contribution in [0.3, 0.4) is 0 Å². The summed E-state index contributed by atoms with van der Waals surface area (Å²) < 4.78 is 5.21. The Morgan fingerprint density at radius 1 is 1.00 bits per heavy atom. The maximum Gasteiger partial charge on any atom is 0.267 e. The summed E-state index contributed by atoms with van der Waals surface area (Å²) in [5.74, 6) is 1.34. The standard InChI is InChI=1S/C21H20N4O2S2/c1-10-16-11(2)22-13(4)23-20(16)29-18(10)19(26)25-21-24-17(12(3)28-21)14-6-8-15(27-5)9-7-14/h6-9H,1-5H3,(H,24,25,26). The van der Waals surface area contributed by atoms with Crippen LogP contribution in [0.1, 0.15) is 31.6 Å². The van der Waals surface area contributed by atoms with Gasteiger partial charge in [0.05, 0.1) is 17.7 Å². The van der Waals surface area contributed by atoms with Crippen LogP contribution < -0.4 is 10.1 Å². The van der Waals surface area contributed by atoms with Gasteiger partial charge < -0.3 is 4.74 Å². The molecule has 29 heavy (non-hydrogen) atoms. The van der Waals surface area contributed by atoms with Gasteiger partial charge in [0.25, 0.3) is 5.91 Å². The molecule has 0 aliphatic heterocycles. The van der Waals surface area contributed by atoms with E-state index >= 15 is 0 Å². The SMILES string of the molecule is COc1ccc(-c2nc(NC(=O)c3sc4nc(C)nc(C)c4c3C)sc2C)cc1. The molecule has 8 heteroatoms. The van der Waals surface area contributed by atoms with Crippen molar-refractivity contribution >= 4 is 43.9 Å². The molecule has 1 aromatic carbocycles. The van der Waals surface area contributed by atoms with E-state index in [2.05, 4.69) is 20.3 Å². The molecule has 0 unspecified atom stereocenters. The van der Waals surface area contributed by atoms with Crippen molar-refractivity contribution in [2.75, 3.05) is 12.4 Å². The van der Waals surface area contributed by atoms with E-state index in [0.717, 1.165) is 43.4 Å². The molecule has 148 valence electrons. The van der Waals surface area contributed by atoms with Crippen LogP contribution in [0.15, 0.2) is 24.3 Å². The number of nitrogens with zero attached hydrogens (tertiary/aromatic N) is 3. The summed E-state index contributed by atoms with van der Waals surface area (Å²) in [5, 5.41) is 4.49. The van der Waals surface area contributed by atoms with Crippen LogP contribution in [-0.2, 0) is 0 Å². The number of carbonyl (C=O) groups excluding carboxylic acids is 1. The van der Waals surface area contributed by atoms with Crippen molar-refractivity contribution in [3.63, 3.8) is 0 Å². The lowest BCUT2D eigenvalue weighted by atomic mass is 10.1. The molecule has 0 aliphatic rings. The number of nitrogens with one attached hydrogen (secondary N) is 1. The Bertz CT molecular complexity index is 1230. The van der Waals surface area contributed by atoms with Crippen LogP contribution in [0.5, 0.6) is 5.75 Å². The van der Waals surface area contributed by atoms with Crippen molar-refractivity contribution in [1.82, 2.24) is 15.0 Å². The van der Waals surface area contributed by atoms with Gasteiger partial charge in [0.1, 0.15) is 16.4 Å². The summed E-state index contributed by atoms with van der Waals surface area (Å²) in [6.45, 7) is 7.75. The van der Waals surface area contributed by atoms with E-state index in [-0.39, 0.29) is 5.91 Å². The van der Waals surface area contributed by atoms with Crippen LogP contribution >= 0.6 is 22.7 Å². The fraction of sp³-hybridized carbons (Fsp3) is 0.238. The van der Waals surface area contributed by atoms with Crippen LogP contribution in [-0.4, -0.2) is 28.0 Å². The van der Waals surface area contributed by atoms with Gasteiger partial charge in [-0.05, 0) is 57.5 Å². The van der Waals surface area contributed by atoms with Gasteiger partial charge in [0.2, 0.25) is 0 Å². The van der Waals surface area contributed by atoms with Gasteiger partial charge >= 0.3 is 0 Å². The van der Waals surface area contributed by atoms with Gasteiger partial charge in [-0.3, -0.25) is 10.1 Å². The summed E-state index contributed by atoms with van der Waals surface area (Å²) in [6, 6.07) is 7.73. The van der Waals surface area contributed by atoms with Crippen molar-refractivity contribution in [3.05, 3.63) is 51.1 Å². The topological polar surface area (TPSA) is 77.0 Å². The first-order valence-corrected chi connectivity index (χ1v) is 10.7. The Hall–Kier alpha value is -2.84. The quantitative estimate of drug-likeness (QED) is 0.480. The summed E-state index contributed by atoms with van der Waals surface area (Å²) >= 11 is 2.85. The third-order valence-corrected chi connectivity index (χ3v) is 6.74. The molecule has 0 saturated carbocycles. The van der Waals surface area contributed by atoms with E-state index in [9.17, 15) is 4.79 Å². The van der Waals surface area contributed by atoms with Crippen LogP contribution in [0.2, 0.25) is 0 Å². The molecule has 0 spiro atoms. The van der Waals surface area contributed by atoms with Gasteiger partial charge in [0, 0.05) is 21.5 Å². The van der Waals surface area contributed by atoms with Crippen LogP contribution in [0, 0.1) is 27.7 Å². The van der Waals surface area contributed by atoms with E-state index in [0.29, 0.717) is 15.8 Å². The number of carbonyl (C=O) groups is 1. The zero-order chi connectivity index (χ0) is 20.7. The summed E-state index contributed by atoms with van der Waals surface area (Å²) in [6.07, 6.45) is 0. The molecule has 0 bridgehead atoms. The number of ether oxygens (including phenoxy) is 1. The Morgan fingerprint density at radius 2 is 1.72 bits per heavy atom. The molecule has 0 radical (unpaired) electrons. The van der Waals surface area contributed by atoms with Crippen molar-refractivity contribution in [2.45, 2.75) is 27.7 Å². The number of methoxy groups -OCH3 is 1. The maximum atomic E-state index is 12.9. The van der Waals surface area contributed by atoms with E-state index < -0.39 is 0 Å². The van der Waals surface area contributed by atoms with Crippen molar-refractivity contribution in [1.29, 1.82) is 0 Å². The Labute approximate surface area is 176 Å². The highest BCUT2D eigenvalue weighted by Gasteiger charge is 2.20. The predicted molar refractivity (Wildman–Crippen MR) is 118 cm³/mol. The molecular formula is C21H20N4O2S2. The van der Waals surface area contributed by atoms with Gasteiger partial charge in [-0.1, -0.05) is 0 Å². The highest BCUT2D eigenvalue weighted by Crippen LogP contribution is 2.34. The normalized spacial score (nSPS) is 11.1. The minimum Gasteiger partial charge on any atom is -0.497 e. The Morgan fingerprint density at radius 3 is 2.41 bits per heavy atom. The minimum atomic E-state index is -0.169. The number of thiophene rings is 1. The number of anilines is 1. The molecule has 0 atom stereocenters. The van der Waals surface area contributed by atoms with E-state index in [1.807, 2.05) is 52.0 Å². The third kappa shape index (κ3) is 3.61. The fourth-order valence-corrected chi connectivity index (χ4v) is 5.31. The average Bonchev–Trinajstić information content (AvgIpc) is 3.21. The molecule has 4 aromatic rings. The van der Waals surface area contributed by atoms with Gasteiger partial charge in [0.15, 0.2) is 5.13 Å². The molecule has 3 heterocycles. The highest BCUT2D eigenvalue weighted by molar-refractivity contribution is 7.21. The van der Waals surface area contributed by atoms with E-state index in [1.165, 1.54) is 22.7 Å². The number of amides is 1. The number of hydrogen-bond acceptors (Lipinski definition) is 7. The number of benzene rings is 1. The molecule has 3 aromatic heterocycles. The smallest absolute Gasteiger partial charge is 0.267 e. The lowest BCUT2D eigenvalue weighted by Gasteiger charge is -2.02. The number of aromatic nitrogens is 3. The molecule has 0 saturated heterocycles. The van der Waals surface area contributed by atoms with Crippen LogP contribution in [0.25, 0.3) is 21.5 Å². The fourth-order valence-electron chi connectivity index (χ4n) is 3.31. The molecule has 0 fully saturated rings. The Balaban J connectivity index is 1.63. The van der Waals surface area contributed by atoms with Gasteiger partial charge in [-0.2, -0.15) is 0 Å². The summed E-state index contributed by atoms with van der Waals surface area (Å²) in [4.78, 5) is 29.0. The van der Waals surface area contributed by atoms with E-state index in [4.69, 9.17) is 4.74 Å². The first-order valence-electron chi connectivity index (χ1n) is 9.05. The number of hydrogen-bond donors (Lipinski definition) is 1. The molecule has 0 aliphatic carbocycles. The minimum absolute atomic E-state index is 0.169. The van der Waals surface area contributed by atoms with Crippen molar-refractivity contribution in [3.8, 4) is 17.0 Å². The largest absolute Gasteiger partial charge is 0.497 e. The molecule has 1 N–H and O–H groups in total. The lowest BCUT2D eigenvalue weighted by Crippen LogP contribution is -2.11. The number of rotatable bonds is 4. The van der Waals surface area contributed by atoms with Crippen molar-refractivity contribution < 1.29 is 9.53 Å². The lowest BCUT2D eigenvalue weighted by molar-refractivity contribution is 0.103. The van der Waals surface area contributed by atoms with Gasteiger partial charge in [-0.15, -0.1) is 22.7 Å². The summed E-state index contributed by atoms with van der Waals surface area (Å²) in [5.41, 5.74) is 3.65. The second kappa shape index (κ2) is 7.53. The summed E-state index contributed by atoms with van der Waals surface area (Å²) in [7, 11) is 1.64. The number of fused-ring (bicyclic) bond motifs is 1. The molecule has 4 rings (SSSR count). The van der Waals surface area contributed by atoms with Crippen molar-refractivity contribution in [2.24, 2.45) is 0 Å². The zero-order valence-electron chi connectivity index (χ0n) is 16.8. The average molecular weight is 425 g/mol. The second-order valence-electron chi connectivity index (χ2n) is 6.70. The van der Waals surface area contributed by atoms with Gasteiger partial charge in [-0.25, -0.2) is 15.0 Å². The number of aryl methyl sites for hydroxylation is 4. The molecule has 1 amide bonds. The monoisotopic (exact) mass is 424 g/mol. The first-order chi connectivity index (χ1) is 13.9. The Kier molecular flexibility index (Phi) is 5.06. The highest BCUT2D eigenvalue weighted by atomic mass is 32.1. The van der Waals surface area contributed by atoms with E-state index in [1.54, 1.807) is 7.11 Å². The second-order valence-corrected chi connectivity index (χ2v) is 8.90. The molecule has 6 nitrogen and oxygen atoms in total.